The van der Waals surface area contributed by atoms with Gasteiger partial charge in [-0.2, -0.15) is 0 Å². The predicted molar refractivity (Wildman–Crippen MR) is 75.3 cm³/mol. The van der Waals surface area contributed by atoms with Crippen molar-refractivity contribution in [3.05, 3.63) is 29.3 Å². The van der Waals surface area contributed by atoms with Crippen LogP contribution in [0.25, 0.3) is 6.08 Å². The van der Waals surface area contributed by atoms with Gasteiger partial charge >= 0.3 is 0 Å². The van der Waals surface area contributed by atoms with Gasteiger partial charge in [0.2, 0.25) is 0 Å². The van der Waals surface area contributed by atoms with Crippen LogP contribution in [0.5, 0.6) is 11.5 Å². The summed E-state index contributed by atoms with van der Waals surface area (Å²) in [5, 5.41) is 0. The highest BCUT2D eigenvalue weighted by Crippen LogP contribution is 2.41. The van der Waals surface area contributed by atoms with Crippen LogP contribution in [0.15, 0.2) is 18.2 Å². The molecule has 0 fully saturated rings. The first-order chi connectivity index (χ1) is 8.43. The molecule has 0 spiro atoms. The van der Waals surface area contributed by atoms with E-state index in [1.54, 1.807) is 7.11 Å². The average Bonchev–Trinajstić information content (AvgIpc) is 2.26. The van der Waals surface area contributed by atoms with Crippen LogP contribution in [0.4, 0.5) is 0 Å². The maximum atomic E-state index is 6.05. The average molecular weight is 246 g/mol. The predicted octanol–water partition coefficient (Wildman–Crippen LogP) is 4.08. The summed E-state index contributed by atoms with van der Waals surface area (Å²) in [6.07, 6.45) is 5.20. The highest BCUT2D eigenvalue weighted by atomic mass is 16.5. The van der Waals surface area contributed by atoms with Crippen molar-refractivity contribution in [1.29, 1.82) is 0 Å². The Morgan fingerprint density at radius 1 is 1.28 bits per heavy atom. The molecular formula is C16H22O2. The van der Waals surface area contributed by atoms with Gasteiger partial charge in [0.05, 0.1) is 7.11 Å². The molecule has 1 aliphatic heterocycles. The van der Waals surface area contributed by atoms with Crippen molar-refractivity contribution in [1.82, 2.24) is 0 Å². The normalized spacial score (nSPS) is 16.3. The summed E-state index contributed by atoms with van der Waals surface area (Å²) in [4.78, 5) is 0. The quantitative estimate of drug-likeness (QED) is 0.800. The van der Waals surface area contributed by atoms with Gasteiger partial charge in [-0.3, -0.25) is 0 Å². The molecule has 0 aromatic heterocycles. The topological polar surface area (TPSA) is 18.5 Å². The lowest BCUT2D eigenvalue weighted by molar-refractivity contribution is 0.152. The molecule has 0 N–H and O–H groups in total. The largest absolute Gasteiger partial charge is 0.493 e. The number of fused-ring (bicyclic) bond motifs is 1. The zero-order chi connectivity index (χ0) is 13.3. The zero-order valence-corrected chi connectivity index (χ0v) is 11.9. The fourth-order valence-electron chi connectivity index (χ4n) is 2.27. The van der Waals surface area contributed by atoms with E-state index >= 15 is 0 Å². The van der Waals surface area contributed by atoms with Gasteiger partial charge in [-0.15, -0.1) is 0 Å². The Bertz CT molecular complexity index is 470. The fourth-order valence-corrected chi connectivity index (χ4v) is 2.27. The molecule has 18 heavy (non-hydrogen) atoms. The fraction of sp³-hybridized carbons (Fsp3) is 0.500. The van der Waals surface area contributed by atoms with Crippen molar-refractivity contribution >= 4 is 6.08 Å². The Morgan fingerprint density at radius 3 is 2.61 bits per heavy atom. The van der Waals surface area contributed by atoms with E-state index in [0.717, 1.165) is 23.5 Å². The van der Waals surface area contributed by atoms with E-state index in [2.05, 4.69) is 52.0 Å². The van der Waals surface area contributed by atoms with Gasteiger partial charge in [0.1, 0.15) is 5.60 Å². The van der Waals surface area contributed by atoms with Crippen molar-refractivity contribution < 1.29 is 9.47 Å². The highest BCUT2D eigenvalue weighted by molar-refractivity contribution is 5.67. The van der Waals surface area contributed by atoms with Gasteiger partial charge in [0.15, 0.2) is 11.5 Å². The maximum Gasteiger partial charge on any atom is 0.169 e. The van der Waals surface area contributed by atoms with Gasteiger partial charge in [0.25, 0.3) is 0 Å². The van der Waals surface area contributed by atoms with Gasteiger partial charge < -0.3 is 9.47 Å². The Morgan fingerprint density at radius 2 is 2.00 bits per heavy atom. The number of hydrogen-bond donors (Lipinski definition) is 0. The molecule has 2 nitrogen and oxygen atoms in total. The molecular weight excluding hydrogens is 224 g/mol. The lowest BCUT2D eigenvalue weighted by Crippen LogP contribution is -2.28. The van der Waals surface area contributed by atoms with Crippen LogP contribution in [-0.2, 0) is 6.42 Å². The molecule has 0 saturated carbocycles. The van der Waals surface area contributed by atoms with E-state index < -0.39 is 0 Å². The van der Waals surface area contributed by atoms with E-state index in [1.165, 1.54) is 5.56 Å². The van der Waals surface area contributed by atoms with Crippen LogP contribution in [-0.4, -0.2) is 12.7 Å². The van der Waals surface area contributed by atoms with Gasteiger partial charge in [-0.1, -0.05) is 32.1 Å². The minimum Gasteiger partial charge on any atom is -0.493 e. The third-order valence-electron chi connectivity index (χ3n) is 3.09. The first-order valence-electron chi connectivity index (χ1n) is 6.51. The molecule has 98 valence electrons. The van der Waals surface area contributed by atoms with Crippen LogP contribution in [0.3, 0.4) is 0 Å². The Balaban J connectivity index is 2.48. The van der Waals surface area contributed by atoms with Crippen LogP contribution >= 0.6 is 0 Å². The molecule has 2 rings (SSSR count). The molecule has 0 bridgehead atoms. The van der Waals surface area contributed by atoms with Crippen LogP contribution in [0.1, 0.15) is 38.8 Å². The summed E-state index contributed by atoms with van der Waals surface area (Å²) < 4.78 is 11.6. The minimum atomic E-state index is -0.267. The molecule has 1 heterocycles. The first-order valence-corrected chi connectivity index (χ1v) is 6.51. The lowest BCUT2D eigenvalue weighted by Gasteiger charge is -2.30. The van der Waals surface area contributed by atoms with Crippen molar-refractivity contribution in [2.45, 2.75) is 39.7 Å². The van der Waals surface area contributed by atoms with Crippen molar-refractivity contribution in [2.24, 2.45) is 5.92 Å². The molecule has 1 aromatic rings. The minimum absolute atomic E-state index is 0.267. The molecule has 0 amide bonds. The van der Waals surface area contributed by atoms with E-state index in [1.807, 2.05) is 0 Å². The number of ether oxygens (including phenoxy) is 2. The van der Waals surface area contributed by atoms with E-state index in [9.17, 15) is 0 Å². The molecule has 1 aliphatic rings. The molecule has 0 radical (unpaired) electrons. The maximum absolute atomic E-state index is 6.05. The van der Waals surface area contributed by atoms with E-state index in [-0.39, 0.29) is 5.60 Å². The van der Waals surface area contributed by atoms with Crippen molar-refractivity contribution in [3.8, 4) is 11.5 Å². The molecule has 0 unspecified atom stereocenters. The summed E-state index contributed by atoms with van der Waals surface area (Å²) in [5.41, 5.74) is 2.05. The monoisotopic (exact) mass is 246 g/mol. The second kappa shape index (κ2) is 4.68. The Labute approximate surface area is 110 Å². The molecule has 2 heteroatoms. The van der Waals surface area contributed by atoms with E-state index in [4.69, 9.17) is 9.47 Å². The highest BCUT2D eigenvalue weighted by Gasteiger charge is 2.26. The Kier molecular flexibility index (Phi) is 3.38. The molecule has 0 atom stereocenters. The van der Waals surface area contributed by atoms with E-state index in [0.29, 0.717) is 5.92 Å². The number of rotatable bonds is 3. The molecule has 1 aromatic carbocycles. The SMILES string of the molecule is COc1c(CC(C)C)ccc2c1OC(C)(C)C=C2. The molecule has 0 saturated heterocycles. The third-order valence-corrected chi connectivity index (χ3v) is 3.09. The van der Waals surface area contributed by atoms with Crippen LogP contribution in [0.2, 0.25) is 0 Å². The summed E-state index contributed by atoms with van der Waals surface area (Å²) >= 11 is 0. The standard InChI is InChI=1S/C16H22O2/c1-11(2)10-13-7-6-12-8-9-16(3,4)18-15(12)14(13)17-5/h6-9,11H,10H2,1-5H3. The van der Waals surface area contributed by atoms with Gasteiger partial charge in [0, 0.05) is 5.56 Å². The summed E-state index contributed by atoms with van der Waals surface area (Å²) in [6.45, 7) is 8.54. The second-order valence-electron chi connectivity index (χ2n) is 5.81. The third kappa shape index (κ3) is 2.53. The summed E-state index contributed by atoms with van der Waals surface area (Å²) in [6, 6.07) is 4.25. The number of methoxy groups -OCH3 is 1. The smallest absolute Gasteiger partial charge is 0.169 e. The second-order valence-corrected chi connectivity index (χ2v) is 5.81. The molecule has 0 aliphatic carbocycles. The summed E-state index contributed by atoms with van der Waals surface area (Å²) in [7, 11) is 1.72. The Hall–Kier alpha value is -1.44. The lowest BCUT2D eigenvalue weighted by atomic mass is 9.96. The number of benzene rings is 1. The van der Waals surface area contributed by atoms with Crippen LogP contribution < -0.4 is 9.47 Å². The van der Waals surface area contributed by atoms with Gasteiger partial charge in [-0.05, 0) is 37.8 Å². The summed E-state index contributed by atoms with van der Waals surface area (Å²) in [5.74, 6) is 2.37. The number of hydrogen-bond acceptors (Lipinski definition) is 2. The zero-order valence-electron chi connectivity index (χ0n) is 11.9. The van der Waals surface area contributed by atoms with Crippen molar-refractivity contribution in [3.63, 3.8) is 0 Å². The van der Waals surface area contributed by atoms with Crippen LogP contribution in [0, 0.1) is 5.92 Å². The van der Waals surface area contributed by atoms with Gasteiger partial charge in [-0.25, -0.2) is 0 Å². The van der Waals surface area contributed by atoms with Crippen molar-refractivity contribution in [2.75, 3.05) is 7.11 Å². The first kappa shape index (κ1) is 13.0.